The van der Waals surface area contributed by atoms with E-state index in [1.807, 2.05) is 23.0 Å². The third kappa shape index (κ3) is 4.00. The van der Waals surface area contributed by atoms with Crippen LogP contribution in [-0.2, 0) is 6.54 Å². The van der Waals surface area contributed by atoms with Gasteiger partial charge in [-0.3, -0.25) is 9.97 Å². The Morgan fingerprint density at radius 2 is 1.59 bits per heavy atom. The lowest BCUT2D eigenvalue weighted by Gasteiger charge is -2.13. The number of rotatable bonds is 5. The Hall–Kier alpha value is -3.90. The third-order valence-electron chi connectivity index (χ3n) is 5.72. The van der Waals surface area contributed by atoms with Gasteiger partial charge in [-0.25, -0.2) is 9.97 Å². The minimum Gasteiger partial charge on any atom is -0.385 e. The largest absolute Gasteiger partial charge is 0.385 e. The van der Waals surface area contributed by atoms with Crippen LogP contribution >= 0.6 is 0 Å². The minimum absolute atomic E-state index is 0.363. The van der Waals surface area contributed by atoms with Crippen LogP contribution in [0.15, 0.2) is 79.5 Å². The number of nitrogens with zero attached hydrogens (tertiary/aromatic N) is 5. The molecule has 0 radical (unpaired) electrons. The summed E-state index contributed by atoms with van der Waals surface area (Å²) >= 11 is 0. The second kappa shape index (κ2) is 8.32. The highest BCUT2D eigenvalue weighted by Gasteiger charge is 2.15. The molecule has 1 aromatic heterocycles. The van der Waals surface area contributed by atoms with Gasteiger partial charge >= 0.3 is 0 Å². The van der Waals surface area contributed by atoms with Crippen LogP contribution in [-0.4, -0.2) is 29.6 Å². The van der Waals surface area contributed by atoms with Gasteiger partial charge in [-0.05, 0) is 42.2 Å². The van der Waals surface area contributed by atoms with Crippen molar-refractivity contribution in [3.05, 3.63) is 96.3 Å². The monoisotopic (exact) mass is 421 g/mol. The maximum Gasteiger partial charge on any atom is 0.160 e. The molecule has 2 aliphatic rings. The van der Waals surface area contributed by atoms with Crippen molar-refractivity contribution >= 4 is 0 Å². The molecule has 2 aromatic carbocycles. The van der Waals surface area contributed by atoms with Crippen LogP contribution in [0.25, 0.3) is 33.9 Å². The quantitative estimate of drug-likeness (QED) is 0.439. The van der Waals surface area contributed by atoms with Crippen LogP contribution in [0, 0.1) is 13.8 Å². The topological polar surface area (TPSA) is 76.7 Å². The van der Waals surface area contributed by atoms with Gasteiger partial charge < -0.3 is 9.67 Å². The Labute approximate surface area is 186 Å². The number of hydrogen-bond acceptors (Lipinski definition) is 5. The van der Waals surface area contributed by atoms with E-state index in [1.165, 1.54) is 22.3 Å². The summed E-state index contributed by atoms with van der Waals surface area (Å²) in [6, 6.07) is 16.8. The van der Waals surface area contributed by atoms with Gasteiger partial charge in [-0.15, -0.1) is 0 Å². The number of imidazole rings is 1. The fraction of sp³-hybridized carbons (Fsp3) is 0.154. The Bertz CT molecular complexity index is 1330. The molecular formula is C26H23N5O. The van der Waals surface area contributed by atoms with E-state index in [0.29, 0.717) is 18.1 Å². The first-order valence-corrected chi connectivity index (χ1v) is 10.5. The van der Waals surface area contributed by atoms with E-state index < -0.39 is 6.10 Å². The molecule has 0 aliphatic carbocycles. The maximum atomic E-state index is 10.4. The van der Waals surface area contributed by atoms with Crippen molar-refractivity contribution in [2.24, 2.45) is 0 Å². The molecule has 1 atom stereocenters. The number of aryl methyl sites for hydroxylation is 2. The lowest BCUT2D eigenvalue weighted by molar-refractivity contribution is 0.151. The zero-order valence-corrected chi connectivity index (χ0v) is 18.0. The molecule has 32 heavy (non-hydrogen) atoms. The molecule has 1 unspecified atom stereocenters. The summed E-state index contributed by atoms with van der Waals surface area (Å²) in [7, 11) is 0. The summed E-state index contributed by atoms with van der Waals surface area (Å²) < 4.78 is 1.89. The standard InChI is InChI=1S/C26H23N5O/c1-17-3-4-21(13-18(17)2)19-5-7-20(8-6-19)26-29-22-9-12-31(15-24(22)30-26)16-25(32)23-14-27-10-11-28-23/h3-15,25,32H,16H2,1-2H3. The van der Waals surface area contributed by atoms with Crippen LogP contribution in [0.2, 0.25) is 0 Å². The van der Waals surface area contributed by atoms with Crippen LogP contribution in [0.1, 0.15) is 22.9 Å². The van der Waals surface area contributed by atoms with Crippen LogP contribution in [0.4, 0.5) is 0 Å². The van der Waals surface area contributed by atoms with Crippen molar-refractivity contribution in [2.45, 2.75) is 26.5 Å². The molecule has 3 heterocycles. The van der Waals surface area contributed by atoms with E-state index >= 15 is 0 Å². The fourth-order valence-electron chi connectivity index (χ4n) is 3.70. The van der Waals surface area contributed by atoms with Crippen molar-refractivity contribution in [1.82, 2.24) is 24.5 Å². The van der Waals surface area contributed by atoms with Crippen LogP contribution in [0.5, 0.6) is 0 Å². The Kier molecular flexibility index (Phi) is 5.21. The predicted octanol–water partition coefficient (Wildman–Crippen LogP) is 4.86. The van der Waals surface area contributed by atoms with E-state index in [0.717, 1.165) is 17.0 Å². The molecule has 6 nitrogen and oxygen atoms in total. The van der Waals surface area contributed by atoms with E-state index in [1.54, 1.807) is 18.6 Å². The molecule has 0 saturated carbocycles. The first-order chi connectivity index (χ1) is 15.6. The Morgan fingerprint density at radius 3 is 2.34 bits per heavy atom. The second-order valence-corrected chi connectivity index (χ2v) is 7.98. The summed E-state index contributed by atoms with van der Waals surface area (Å²) in [4.78, 5) is 17.6. The van der Waals surface area contributed by atoms with Gasteiger partial charge in [0.1, 0.15) is 11.8 Å². The molecule has 0 saturated heterocycles. The highest BCUT2D eigenvalue weighted by Crippen LogP contribution is 2.28. The zero-order valence-electron chi connectivity index (χ0n) is 18.0. The second-order valence-electron chi connectivity index (χ2n) is 7.98. The number of pyridine rings is 1. The lowest BCUT2D eigenvalue weighted by Crippen LogP contribution is -2.10. The first kappa shape index (κ1) is 20.0. The molecular weight excluding hydrogens is 398 g/mol. The van der Waals surface area contributed by atoms with Crippen molar-refractivity contribution in [3.63, 3.8) is 0 Å². The van der Waals surface area contributed by atoms with Gasteiger partial charge in [0.25, 0.3) is 0 Å². The fourth-order valence-corrected chi connectivity index (χ4v) is 3.70. The number of aliphatic hydroxyl groups excluding tert-OH is 1. The highest BCUT2D eigenvalue weighted by atomic mass is 16.3. The molecule has 1 N–H and O–H groups in total. The van der Waals surface area contributed by atoms with Gasteiger partial charge in [-0.1, -0.05) is 42.5 Å². The molecule has 0 spiro atoms. The summed E-state index contributed by atoms with van der Waals surface area (Å²) in [5.41, 5.74) is 8.08. The van der Waals surface area contributed by atoms with Crippen LogP contribution in [0.3, 0.4) is 0 Å². The van der Waals surface area contributed by atoms with Crippen LogP contribution < -0.4 is 0 Å². The van der Waals surface area contributed by atoms with Gasteiger partial charge in [-0.2, -0.15) is 0 Å². The number of fused-ring (bicyclic) bond motifs is 1. The molecule has 3 aromatic rings. The van der Waals surface area contributed by atoms with Gasteiger partial charge in [0.2, 0.25) is 0 Å². The van der Waals surface area contributed by atoms with E-state index in [-0.39, 0.29) is 0 Å². The normalized spacial score (nSPS) is 12.2. The molecule has 5 rings (SSSR count). The molecule has 0 bridgehead atoms. The van der Waals surface area contributed by atoms with E-state index in [2.05, 4.69) is 71.3 Å². The van der Waals surface area contributed by atoms with Crippen molar-refractivity contribution in [1.29, 1.82) is 0 Å². The van der Waals surface area contributed by atoms with E-state index in [9.17, 15) is 5.11 Å². The summed E-state index contributed by atoms with van der Waals surface area (Å²) in [5, 5.41) is 10.4. The van der Waals surface area contributed by atoms with Gasteiger partial charge in [0, 0.05) is 30.4 Å². The SMILES string of the molecule is Cc1ccc(-c2ccc(-c3nc4ccn(CC(O)c5cnccn5)cc-4n3)cc2)cc1C. The third-order valence-corrected chi connectivity index (χ3v) is 5.72. The molecule has 2 aliphatic heterocycles. The van der Waals surface area contributed by atoms with Crippen molar-refractivity contribution in [2.75, 3.05) is 0 Å². The average molecular weight is 422 g/mol. The molecule has 0 fully saturated rings. The summed E-state index contributed by atoms with van der Waals surface area (Å²) in [5.74, 6) is 0.693. The number of benzene rings is 2. The molecule has 0 amide bonds. The first-order valence-electron chi connectivity index (χ1n) is 10.5. The zero-order chi connectivity index (χ0) is 22.1. The minimum atomic E-state index is -0.744. The highest BCUT2D eigenvalue weighted by molar-refractivity contribution is 5.71. The van der Waals surface area contributed by atoms with E-state index in [4.69, 9.17) is 4.98 Å². The number of hydrogen-bond donors (Lipinski definition) is 1. The predicted molar refractivity (Wildman–Crippen MR) is 124 cm³/mol. The Balaban J connectivity index is 1.38. The van der Waals surface area contributed by atoms with Gasteiger partial charge in [0.05, 0.1) is 24.1 Å². The summed E-state index contributed by atoms with van der Waals surface area (Å²) in [6.45, 7) is 4.62. The lowest BCUT2D eigenvalue weighted by atomic mass is 9.99. The number of aromatic nitrogens is 5. The molecule has 6 heteroatoms. The average Bonchev–Trinajstić information content (AvgIpc) is 3.25. The Morgan fingerprint density at radius 1 is 0.844 bits per heavy atom. The van der Waals surface area contributed by atoms with Crippen molar-refractivity contribution in [3.8, 4) is 33.9 Å². The maximum absolute atomic E-state index is 10.4. The number of aliphatic hydroxyl groups is 1. The smallest absolute Gasteiger partial charge is 0.160 e. The summed E-state index contributed by atoms with van der Waals surface area (Å²) in [6.07, 6.45) is 7.79. The van der Waals surface area contributed by atoms with Gasteiger partial charge in [0.15, 0.2) is 5.82 Å². The molecule has 158 valence electrons. The van der Waals surface area contributed by atoms with Crippen molar-refractivity contribution < 1.29 is 5.11 Å².